The highest BCUT2D eigenvalue weighted by molar-refractivity contribution is 7.89. The summed E-state index contributed by atoms with van der Waals surface area (Å²) < 4.78 is 35.3. The average Bonchev–Trinajstić information content (AvgIpc) is 3.19. The van der Waals surface area contributed by atoms with E-state index in [0.29, 0.717) is 19.3 Å². The highest BCUT2D eigenvalue weighted by Crippen LogP contribution is 2.35. The molecule has 0 saturated heterocycles. The lowest BCUT2D eigenvalue weighted by atomic mass is 9.89. The van der Waals surface area contributed by atoms with E-state index in [9.17, 15) is 18.3 Å². The van der Waals surface area contributed by atoms with Crippen LogP contribution in [0.15, 0.2) is 83.8 Å². The maximum atomic E-state index is 13.5. The highest BCUT2D eigenvalue weighted by atomic mass is 32.2. The van der Waals surface area contributed by atoms with Gasteiger partial charge < -0.3 is 9.84 Å². The molecule has 0 saturated carbocycles. The maximum Gasteiger partial charge on any atom is 0.312 e. The first kappa shape index (κ1) is 27.0. The fraction of sp³-hybridized carbons (Fsp3) is 0.367. The first-order chi connectivity index (χ1) is 17.6. The molecule has 0 radical (unpaired) electrons. The van der Waals surface area contributed by atoms with Crippen LogP contribution in [0.1, 0.15) is 48.6 Å². The summed E-state index contributed by atoms with van der Waals surface area (Å²) in [5.74, 6) is -1.08. The number of fused-ring (bicyclic) bond motifs is 1. The van der Waals surface area contributed by atoms with Crippen LogP contribution in [0.4, 0.5) is 0 Å². The number of carbonyl (C=O) groups is 1. The van der Waals surface area contributed by atoms with E-state index in [4.69, 9.17) is 4.74 Å². The van der Waals surface area contributed by atoms with Gasteiger partial charge in [-0.2, -0.15) is 4.72 Å². The van der Waals surface area contributed by atoms with Crippen molar-refractivity contribution in [3.63, 3.8) is 0 Å². The summed E-state index contributed by atoms with van der Waals surface area (Å²) in [6.07, 6.45) is -0.413. The van der Waals surface area contributed by atoms with Crippen LogP contribution in [0.5, 0.6) is 0 Å². The lowest BCUT2D eigenvalue weighted by Crippen LogP contribution is -2.40. The molecule has 3 aromatic rings. The third-order valence-corrected chi connectivity index (χ3v) is 8.30. The van der Waals surface area contributed by atoms with Gasteiger partial charge >= 0.3 is 5.97 Å². The van der Waals surface area contributed by atoms with Crippen molar-refractivity contribution in [3.8, 4) is 0 Å². The van der Waals surface area contributed by atoms with E-state index in [1.54, 1.807) is 24.3 Å². The molecular weight excluding hydrogens is 486 g/mol. The first-order valence-corrected chi connectivity index (χ1v) is 14.2. The number of hydrogen-bond acceptors (Lipinski definition) is 5. The molecule has 0 spiro atoms. The highest BCUT2D eigenvalue weighted by Gasteiger charge is 2.40. The van der Waals surface area contributed by atoms with Crippen molar-refractivity contribution >= 4 is 16.0 Å². The van der Waals surface area contributed by atoms with Crippen LogP contribution < -0.4 is 4.72 Å². The first-order valence-electron chi connectivity index (χ1n) is 12.7. The molecule has 0 heterocycles. The van der Waals surface area contributed by atoms with Gasteiger partial charge in [-0.05, 0) is 54.5 Å². The Morgan fingerprint density at radius 1 is 1.00 bits per heavy atom. The van der Waals surface area contributed by atoms with E-state index < -0.39 is 40.2 Å². The summed E-state index contributed by atoms with van der Waals surface area (Å²) in [6.45, 7) is 5.89. The molecule has 4 atom stereocenters. The number of rotatable bonds is 10. The van der Waals surface area contributed by atoms with Gasteiger partial charge in [0.2, 0.25) is 10.0 Å². The third-order valence-electron chi connectivity index (χ3n) is 6.84. The van der Waals surface area contributed by atoms with Crippen LogP contribution in [-0.2, 0) is 32.4 Å². The van der Waals surface area contributed by atoms with Crippen LogP contribution in [0, 0.1) is 18.8 Å². The van der Waals surface area contributed by atoms with Crippen molar-refractivity contribution in [2.45, 2.75) is 63.2 Å². The summed E-state index contributed by atoms with van der Waals surface area (Å²) >= 11 is 0. The number of benzene rings is 3. The predicted octanol–water partition coefficient (Wildman–Crippen LogP) is 4.75. The van der Waals surface area contributed by atoms with Gasteiger partial charge in [-0.15, -0.1) is 0 Å². The lowest BCUT2D eigenvalue weighted by Gasteiger charge is -2.27. The monoisotopic (exact) mass is 521 g/mol. The van der Waals surface area contributed by atoms with E-state index in [2.05, 4.69) is 4.72 Å². The minimum absolute atomic E-state index is 0.155. The Bertz CT molecular complexity index is 1310. The number of carbonyl (C=O) groups excluding carboxylic acids is 1. The fourth-order valence-electron chi connectivity index (χ4n) is 4.89. The van der Waals surface area contributed by atoms with Gasteiger partial charge in [-0.3, -0.25) is 4.79 Å². The van der Waals surface area contributed by atoms with Crippen molar-refractivity contribution < 1.29 is 23.1 Å². The molecule has 3 aromatic carbocycles. The Balaban J connectivity index is 1.59. The summed E-state index contributed by atoms with van der Waals surface area (Å²) in [7, 11) is -3.86. The smallest absolute Gasteiger partial charge is 0.312 e. The van der Waals surface area contributed by atoms with E-state index in [1.807, 2.05) is 75.4 Å². The van der Waals surface area contributed by atoms with Crippen LogP contribution in [0.2, 0.25) is 0 Å². The van der Waals surface area contributed by atoms with Crippen LogP contribution in [0.25, 0.3) is 0 Å². The molecule has 0 aromatic heterocycles. The number of hydrogen-bond donors (Lipinski definition) is 2. The fourth-order valence-corrected chi connectivity index (χ4v) is 6.13. The van der Waals surface area contributed by atoms with Crippen LogP contribution >= 0.6 is 0 Å². The minimum Gasteiger partial charge on any atom is -0.460 e. The normalized spacial score (nSPS) is 18.8. The summed E-state index contributed by atoms with van der Waals surface area (Å²) in [6, 6.07) is 23.0. The zero-order valence-electron chi connectivity index (χ0n) is 21.5. The standard InChI is InChI=1S/C30H35NO5S/c1-20(2)17-27(32)26(18-22-9-5-4-6-10-22)30(33)36-28-19-23-11-7-8-12-25(23)29(28)31-37(34,35)24-15-13-21(3)14-16-24/h4-16,20,26-29,31-32H,17-19H2,1-3H3/t26-,27-,28+,29-/m0/s1. The molecule has 0 fully saturated rings. The zero-order chi connectivity index (χ0) is 26.6. The van der Waals surface area contributed by atoms with Crippen molar-refractivity contribution in [3.05, 3.63) is 101 Å². The largest absolute Gasteiger partial charge is 0.460 e. The summed E-state index contributed by atoms with van der Waals surface area (Å²) in [4.78, 5) is 13.7. The van der Waals surface area contributed by atoms with E-state index in [1.165, 1.54) is 0 Å². The number of nitrogens with one attached hydrogen (secondary N) is 1. The van der Waals surface area contributed by atoms with Gasteiger partial charge in [-0.25, -0.2) is 8.42 Å². The van der Waals surface area contributed by atoms with E-state index >= 15 is 0 Å². The Morgan fingerprint density at radius 2 is 1.65 bits per heavy atom. The Kier molecular flexibility index (Phi) is 8.47. The number of aliphatic hydroxyl groups is 1. The third kappa shape index (κ3) is 6.66. The molecule has 0 amide bonds. The molecule has 0 aliphatic heterocycles. The molecule has 1 aliphatic carbocycles. The topological polar surface area (TPSA) is 92.7 Å². The molecule has 2 N–H and O–H groups in total. The van der Waals surface area contributed by atoms with Crippen LogP contribution in [0.3, 0.4) is 0 Å². The van der Waals surface area contributed by atoms with Gasteiger partial charge in [0, 0.05) is 6.42 Å². The Labute approximate surface area is 219 Å². The average molecular weight is 522 g/mol. The van der Waals surface area contributed by atoms with Crippen LogP contribution in [-0.4, -0.2) is 31.7 Å². The van der Waals surface area contributed by atoms with E-state index in [0.717, 1.165) is 22.3 Å². The van der Waals surface area contributed by atoms with Crippen molar-refractivity contribution in [2.24, 2.45) is 11.8 Å². The summed E-state index contributed by atoms with van der Waals surface area (Å²) in [5.41, 5.74) is 3.61. The molecule has 4 rings (SSSR count). The molecule has 6 nitrogen and oxygen atoms in total. The zero-order valence-corrected chi connectivity index (χ0v) is 22.3. The second kappa shape index (κ2) is 11.6. The van der Waals surface area contributed by atoms with Gasteiger partial charge in [0.1, 0.15) is 6.10 Å². The van der Waals surface area contributed by atoms with E-state index in [-0.39, 0.29) is 10.8 Å². The second-order valence-corrected chi connectivity index (χ2v) is 12.0. The van der Waals surface area contributed by atoms with Gasteiger partial charge in [-0.1, -0.05) is 86.1 Å². The number of ether oxygens (including phenoxy) is 1. The summed E-state index contributed by atoms with van der Waals surface area (Å²) in [5, 5.41) is 11.0. The van der Waals surface area contributed by atoms with Crippen molar-refractivity contribution in [1.29, 1.82) is 0 Å². The number of aliphatic hydroxyl groups excluding tert-OH is 1. The number of aryl methyl sites for hydroxylation is 1. The van der Waals surface area contributed by atoms with Crippen molar-refractivity contribution in [1.82, 2.24) is 4.72 Å². The van der Waals surface area contributed by atoms with Crippen molar-refractivity contribution in [2.75, 3.05) is 0 Å². The van der Waals surface area contributed by atoms with Gasteiger partial charge in [0.15, 0.2) is 0 Å². The number of esters is 1. The molecular formula is C30H35NO5S. The second-order valence-electron chi connectivity index (χ2n) is 10.3. The molecule has 1 aliphatic rings. The maximum absolute atomic E-state index is 13.5. The number of sulfonamides is 1. The van der Waals surface area contributed by atoms with Gasteiger partial charge in [0.25, 0.3) is 0 Å². The molecule has 7 heteroatoms. The quantitative estimate of drug-likeness (QED) is 0.376. The Hall–Kier alpha value is -3.00. The lowest BCUT2D eigenvalue weighted by molar-refractivity contribution is -0.159. The molecule has 196 valence electrons. The van der Waals surface area contributed by atoms with Gasteiger partial charge in [0.05, 0.1) is 23.0 Å². The SMILES string of the molecule is Cc1ccc(S(=O)(=O)N[C@H]2c3ccccc3C[C@H]2OC(=O)[C@@H](Cc2ccccc2)[C@@H](O)CC(C)C)cc1. The molecule has 37 heavy (non-hydrogen) atoms. The minimum atomic E-state index is -3.86. The Morgan fingerprint density at radius 3 is 2.32 bits per heavy atom. The predicted molar refractivity (Wildman–Crippen MR) is 143 cm³/mol. The molecule has 0 bridgehead atoms. The molecule has 0 unspecified atom stereocenters.